The summed E-state index contributed by atoms with van der Waals surface area (Å²) >= 11 is 0. The Labute approximate surface area is 252 Å². The maximum Gasteiger partial charge on any atom is 0.335 e. The van der Waals surface area contributed by atoms with Crippen LogP contribution in [-0.2, 0) is 6.54 Å². The number of hydrogen-bond donors (Lipinski definition) is 1. The molecule has 0 radical (unpaired) electrons. The van der Waals surface area contributed by atoms with Crippen LogP contribution in [0.25, 0.3) is 44.5 Å². The number of aryl methyl sites for hydroxylation is 1. The normalized spacial score (nSPS) is 17.3. The van der Waals surface area contributed by atoms with E-state index in [1.165, 1.54) is 24.8 Å². The van der Waals surface area contributed by atoms with Crippen molar-refractivity contribution >= 4 is 27.8 Å². The molecule has 1 saturated carbocycles. The third kappa shape index (κ3) is 5.06. The minimum absolute atomic E-state index is 0.196. The zero-order chi connectivity index (χ0) is 29.7. The van der Waals surface area contributed by atoms with E-state index in [-0.39, 0.29) is 5.92 Å². The molecule has 1 atom stereocenters. The quantitative estimate of drug-likeness (QED) is 0.234. The first-order chi connectivity index (χ1) is 20.9. The molecule has 7 nitrogen and oxygen atoms in total. The summed E-state index contributed by atoms with van der Waals surface area (Å²) in [5.74, 6) is 0.509. The van der Waals surface area contributed by atoms with Crippen LogP contribution in [0.15, 0.2) is 60.8 Å². The molecule has 0 amide bonds. The highest BCUT2D eigenvalue weighted by molar-refractivity contribution is 6.01. The fourth-order valence-electron chi connectivity index (χ4n) is 7.25. The first kappa shape index (κ1) is 27.6. The summed E-state index contributed by atoms with van der Waals surface area (Å²) in [5, 5.41) is 12.1. The van der Waals surface area contributed by atoms with Gasteiger partial charge in [-0.1, -0.05) is 37.5 Å². The van der Waals surface area contributed by atoms with Gasteiger partial charge in [0.05, 0.1) is 29.3 Å². The lowest BCUT2D eigenvalue weighted by Crippen LogP contribution is -2.31. The number of carboxylic acid groups (broad SMARTS) is 1. The second-order valence-corrected chi connectivity index (χ2v) is 12.6. The Morgan fingerprint density at radius 2 is 1.84 bits per heavy atom. The van der Waals surface area contributed by atoms with Gasteiger partial charge in [-0.15, -0.1) is 0 Å². The van der Waals surface area contributed by atoms with Crippen LogP contribution in [0, 0.1) is 12.8 Å². The van der Waals surface area contributed by atoms with Gasteiger partial charge in [0.1, 0.15) is 5.52 Å². The van der Waals surface area contributed by atoms with Gasteiger partial charge in [-0.05, 0) is 87.3 Å². The van der Waals surface area contributed by atoms with Gasteiger partial charge in [0.25, 0.3) is 0 Å². The highest BCUT2D eigenvalue weighted by Crippen LogP contribution is 2.48. The summed E-state index contributed by atoms with van der Waals surface area (Å²) in [6.07, 6.45) is 7.79. The maximum atomic E-state index is 12.1. The molecule has 1 N–H and O–H groups in total. The van der Waals surface area contributed by atoms with Crippen molar-refractivity contribution in [3.8, 4) is 28.4 Å². The number of aromatic nitrogens is 3. The molecule has 7 heteroatoms. The molecule has 0 saturated heterocycles. The Morgan fingerprint density at radius 3 is 2.60 bits per heavy atom. The summed E-state index contributed by atoms with van der Waals surface area (Å²) in [5.41, 5.74) is 8.48. The highest BCUT2D eigenvalue weighted by atomic mass is 16.5. The number of ether oxygens (including phenoxy) is 1. The molecule has 0 bridgehead atoms. The van der Waals surface area contributed by atoms with E-state index in [0.29, 0.717) is 18.1 Å². The van der Waals surface area contributed by atoms with Crippen molar-refractivity contribution in [2.45, 2.75) is 51.5 Å². The minimum Gasteiger partial charge on any atom is -0.490 e. The number of nitrogens with zero attached hydrogens (tertiary/aromatic N) is 4. The largest absolute Gasteiger partial charge is 0.490 e. The van der Waals surface area contributed by atoms with Crippen LogP contribution >= 0.6 is 0 Å². The predicted octanol–water partition coefficient (Wildman–Crippen LogP) is 7.54. The lowest BCUT2D eigenvalue weighted by Gasteiger charge is -2.29. The van der Waals surface area contributed by atoms with Crippen LogP contribution in [0.1, 0.15) is 59.5 Å². The molecule has 1 fully saturated rings. The van der Waals surface area contributed by atoms with Crippen molar-refractivity contribution in [2.75, 3.05) is 27.2 Å². The summed E-state index contributed by atoms with van der Waals surface area (Å²) in [4.78, 5) is 24.1. The summed E-state index contributed by atoms with van der Waals surface area (Å²) < 4.78 is 9.21. The van der Waals surface area contributed by atoms with E-state index < -0.39 is 5.97 Å². The number of carboxylic acids is 1. The van der Waals surface area contributed by atoms with Crippen molar-refractivity contribution < 1.29 is 14.6 Å². The minimum atomic E-state index is -0.899. The van der Waals surface area contributed by atoms with Crippen LogP contribution in [0.2, 0.25) is 0 Å². The Balaban J connectivity index is 1.53. The summed E-state index contributed by atoms with van der Waals surface area (Å²) in [6, 6.07) is 18.2. The van der Waals surface area contributed by atoms with Gasteiger partial charge >= 0.3 is 5.97 Å². The van der Waals surface area contributed by atoms with Gasteiger partial charge in [0.2, 0.25) is 0 Å². The van der Waals surface area contributed by atoms with E-state index in [0.717, 1.165) is 81.7 Å². The lowest BCUT2D eigenvalue weighted by molar-refractivity contribution is 0.0697. The Bertz CT molecular complexity index is 1850. The van der Waals surface area contributed by atoms with E-state index in [1.807, 2.05) is 30.5 Å². The van der Waals surface area contributed by atoms with Crippen LogP contribution in [0.4, 0.5) is 0 Å². The van der Waals surface area contributed by atoms with Gasteiger partial charge in [-0.25, -0.2) is 9.78 Å². The number of benzene rings is 2. The molecular formula is C36H38N4O3. The fourth-order valence-corrected chi connectivity index (χ4v) is 7.25. The van der Waals surface area contributed by atoms with Crippen molar-refractivity contribution in [3.05, 3.63) is 77.5 Å². The first-order valence-electron chi connectivity index (χ1n) is 15.4. The van der Waals surface area contributed by atoms with Crippen LogP contribution < -0.4 is 4.74 Å². The third-order valence-corrected chi connectivity index (χ3v) is 9.14. The Kier molecular flexibility index (Phi) is 7.14. The Hall–Kier alpha value is -4.23. The van der Waals surface area contributed by atoms with Crippen LogP contribution in [0.3, 0.4) is 0 Å². The van der Waals surface area contributed by atoms with Gasteiger partial charge in [-0.2, -0.15) is 0 Å². The number of fused-ring (bicyclic) bond motifs is 7. The monoisotopic (exact) mass is 574 g/mol. The molecule has 4 heterocycles. The second-order valence-electron chi connectivity index (χ2n) is 12.6. The second kappa shape index (κ2) is 11.1. The molecule has 1 unspecified atom stereocenters. The standard InChI is InChI=1S/C36H38N4O3/c1-22-15-16-37-30(17-22)29-14-11-25-9-13-28-34-32(24-7-5-4-6-8-24)27-12-10-26(36(41)42)18-31(27)40(34)20-23(19-39(2)3)21-43-35(28)33(25)38-29/h9-18,23-24H,4-8,19-21H2,1-3H3,(H,41,42). The van der Waals surface area contributed by atoms with Crippen molar-refractivity contribution in [1.82, 2.24) is 19.4 Å². The van der Waals surface area contributed by atoms with E-state index in [2.05, 4.69) is 59.7 Å². The number of rotatable bonds is 5. The molecule has 3 aromatic heterocycles. The Morgan fingerprint density at radius 1 is 1.02 bits per heavy atom. The summed E-state index contributed by atoms with van der Waals surface area (Å²) in [7, 11) is 4.19. The molecule has 1 aliphatic heterocycles. The van der Waals surface area contributed by atoms with Crippen LogP contribution in [-0.4, -0.2) is 57.8 Å². The molecule has 1 aliphatic carbocycles. The zero-order valence-corrected chi connectivity index (χ0v) is 25.1. The van der Waals surface area contributed by atoms with Crippen molar-refractivity contribution in [3.63, 3.8) is 0 Å². The maximum absolute atomic E-state index is 12.1. The zero-order valence-electron chi connectivity index (χ0n) is 25.1. The number of pyridine rings is 2. The average molecular weight is 575 g/mol. The molecule has 2 aliphatic rings. The van der Waals surface area contributed by atoms with Crippen molar-refractivity contribution in [2.24, 2.45) is 5.92 Å². The van der Waals surface area contributed by atoms with E-state index in [1.54, 1.807) is 6.07 Å². The van der Waals surface area contributed by atoms with Crippen molar-refractivity contribution in [1.29, 1.82) is 0 Å². The highest BCUT2D eigenvalue weighted by Gasteiger charge is 2.32. The number of aromatic carboxylic acids is 1. The van der Waals surface area contributed by atoms with E-state index >= 15 is 0 Å². The third-order valence-electron chi connectivity index (χ3n) is 9.14. The van der Waals surface area contributed by atoms with E-state index in [4.69, 9.17) is 9.72 Å². The van der Waals surface area contributed by atoms with Gasteiger partial charge in [0, 0.05) is 47.1 Å². The molecule has 0 spiro atoms. The van der Waals surface area contributed by atoms with Crippen LogP contribution in [0.5, 0.6) is 5.75 Å². The van der Waals surface area contributed by atoms with Gasteiger partial charge < -0.3 is 19.3 Å². The number of hydrogen-bond acceptors (Lipinski definition) is 5. The SMILES string of the molecule is Cc1ccnc(-c2ccc3ccc4c(c3n2)OCC(CN(C)C)Cn2c-4c(C3CCCCC3)c3ccc(C(=O)O)cc32)c1. The first-order valence-corrected chi connectivity index (χ1v) is 15.4. The molecule has 43 heavy (non-hydrogen) atoms. The molecule has 7 rings (SSSR count). The fraction of sp³-hybridized carbons (Fsp3) is 0.361. The molecular weight excluding hydrogens is 536 g/mol. The molecule has 5 aromatic rings. The predicted molar refractivity (Wildman–Crippen MR) is 171 cm³/mol. The smallest absolute Gasteiger partial charge is 0.335 e. The number of carbonyl (C=O) groups is 1. The van der Waals surface area contributed by atoms with Gasteiger partial charge in [-0.3, -0.25) is 4.98 Å². The average Bonchev–Trinajstić information content (AvgIpc) is 3.31. The molecule has 2 aromatic carbocycles. The lowest BCUT2D eigenvalue weighted by atomic mass is 9.81. The van der Waals surface area contributed by atoms with Gasteiger partial charge in [0.15, 0.2) is 5.75 Å². The topological polar surface area (TPSA) is 80.5 Å². The summed E-state index contributed by atoms with van der Waals surface area (Å²) in [6.45, 7) is 4.20. The van der Waals surface area contributed by atoms with E-state index in [9.17, 15) is 9.90 Å². The molecule has 220 valence electrons.